The molecule has 172 valence electrons. The number of benzene rings is 1. The molecule has 8 heteroatoms. The van der Waals surface area contributed by atoms with Crippen molar-refractivity contribution in [2.24, 2.45) is 0 Å². The summed E-state index contributed by atoms with van der Waals surface area (Å²) in [4.78, 5) is 40.6. The van der Waals surface area contributed by atoms with Crippen LogP contribution in [0.3, 0.4) is 0 Å². The van der Waals surface area contributed by atoms with Gasteiger partial charge in [0.15, 0.2) is 0 Å². The van der Waals surface area contributed by atoms with Gasteiger partial charge in [-0.1, -0.05) is 0 Å². The van der Waals surface area contributed by atoms with Crippen LogP contribution in [0.1, 0.15) is 61.9 Å². The quantitative estimate of drug-likeness (QED) is 0.678. The Morgan fingerprint density at radius 1 is 1.09 bits per heavy atom. The van der Waals surface area contributed by atoms with Crippen molar-refractivity contribution in [3.8, 4) is 5.75 Å². The lowest BCUT2D eigenvalue weighted by Gasteiger charge is -2.45. The Balaban J connectivity index is 1.23. The third-order valence-corrected chi connectivity index (χ3v) is 7.01. The molecule has 1 aliphatic carbocycles. The third kappa shape index (κ3) is 4.01. The van der Waals surface area contributed by atoms with Crippen LogP contribution in [-0.4, -0.2) is 71.0 Å². The van der Waals surface area contributed by atoms with Crippen molar-refractivity contribution in [2.75, 3.05) is 13.1 Å². The number of fused-ring (bicyclic) bond motifs is 1. The molecule has 3 fully saturated rings. The Bertz CT molecular complexity index is 926. The van der Waals surface area contributed by atoms with Gasteiger partial charge in [0, 0.05) is 37.7 Å². The normalized spacial score (nSPS) is 28.8. The van der Waals surface area contributed by atoms with Crippen LogP contribution in [0.25, 0.3) is 0 Å². The van der Waals surface area contributed by atoms with Crippen molar-refractivity contribution >= 4 is 17.7 Å². The van der Waals surface area contributed by atoms with Crippen molar-refractivity contribution in [1.82, 2.24) is 15.1 Å². The largest absolute Gasteiger partial charge is 0.489 e. The van der Waals surface area contributed by atoms with Crippen molar-refractivity contribution in [2.45, 2.75) is 82.9 Å². The van der Waals surface area contributed by atoms with Gasteiger partial charge in [-0.3, -0.25) is 24.6 Å². The summed E-state index contributed by atoms with van der Waals surface area (Å²) in [5, 5.41) is 2.34. The van der Waals surface area contributed by atoms with Crippen LogP contribution in [0.4, 0.5) is 0 Å². The minimum atomic E-state index is -0.594. The summed E-state index contributed by atoms with van der Waals surface area (Å²) in [7, 11) is 0. The SMILES string of the molecule is CC(C)OC1CN([C@@H]2CCC[C@@H]2Oc2ccc3c(c2)CN(C2CCC(=O)NC2=O)C3=O)C1. The number of likely N-dealkylation sites (tertiary alicyclic amines) is 1. The van der Waals surface area contributed by atoms with Crippen LogP contribution in [0.2, 0.25) is 0 Å². The van der Waals surface area contributed by atoms with Crippen molar-refractivity contribution in [3.63, 3.8) is 0 Å². The second kappa shape index (κ2) is 8.48. The number of carbonyl (C=O) groups is 3. The van der Waals surface area contributed by atoms with E-state index in [4.69, 9.17) is 9.47 Å². The Hall–Kier alpha value is -2.45. The number of piperidine rings is 1. The molecular formula is C24H31N3O5. The number of rotatable bonds is 6. The van der Waals surface area contributed by atoms with E-state index in [2.05, 4.69) is 24.1 Å². The van der Waals surface area contributed by atoms with Crippen molar-refractivity contribution in [1.29, 1.82) is 0 Å². The highest BCUT2D eigenvalue weighted by Crippen LogP contribution is 2.34. The predicted molar refractivity (Wildman–Crippen MR) is 116 cm³/mol. The summed E-state index contributed by atoms with van der Waals surface area (Å²) in [6.07, 6.45) is 4.64. The highest BCUT2D eigenvalue weighted by molar-refractivity contribution is 6.05. The molecule has 3 amide bonds. The zero-order chi connectivity index (χ0) is 22.4. The molecule has 0 radical (unpaired) electrons. The molecule has 0 bridgehead atoms. The van der Waals surface area contributed by atoms with Gasteiger partial charge in [0.1, 0.15) is 17.9 Å². The molecule has 3 aliphatic heterocycles. The summed E-state index contributed by atoms with van der Waals surface area (Å²) in [5.41, 5.74) is 1.49. The maximum absolute atomic E-state index is 12.9. The molecule has 3 atom stereocenters. The molecule has 1 N–H and O–H groups in total. The monoisotopic (exact) mass is 441 g/mol. The van der Waals surface area contributed by atoms with Crippen LogP contribution in [0, 0.1) is 0 Å². The molecular weight excluding hydrogens is 410 g/mol. The Morgan fingerprint density at radius 3 is 2.66 bits per heavy atom. The Labute approximate surface area is 188 Å². The number of carbonyl (C=O) groups excluding carboxylic acids is 3. The standard InChI is InChI=1S/C24H31N3O5/c1-14(2)31-17-12-26(13-17)19-4-3-5-21(19)32-16-6-7-18-15(10-16)11-27(24(18)30)20-8-9-22(28)25-23(20)29/h6-7,10,14,17,19-21H,3-5,8-9,11-13H2,1-2H3,(H,25,28,29)/t19-,20?,21+/m1/s1. The lowest BCUT2D eigenvalue weighted by atomic mass is 10.0. The summed E-state index contributed by atoms with van der Waals surface area (Å²) < 4.78 is 12.3. The van der Waals surface area contributed by atoms with Gasteiger partial charge >= 0.3 is 0 Å². The topological polar surface area (TPSA) is 88.2 Å². The molecule has 2 saturated heterocycles. The summed E-state index contributed by atoms with van der Waals surface area (Å²) in [5.74, 6) is -0.0471. The maximum atomic E-state index is 12.9. The number of ether oxygens (including phenoxy) is 2. The maximum Gasteiger partial charge on any atom is 0.255 e. The van der Waals surface area contributed by atoms with Gasteiger partial charge in [0.2, 0.25) is 11.8 Å². The van der Waals surface area contributed by atoms with Gasteiger partial charge in [0.05, 0.1) is 12.2 Å². The van der Waals surface area contributed by atoms with Gasteiger partial charge in [-0.2, -0.15) is 0 Å². The van der Waals surface area contributed by atoms with Crippen molar-refractivity contribution < 1.29 is 23.9 Å². The lowest BCUT2D eigenvalue weighted by Crippen LogP contribution is -2.59. The Morgan fingerprint density at radius 2 is 1.91 bits per heavy atom. The van der Waals surface area contributed by atoms with E-state index in [-0.39, 0.29) is 36.4 Å². The zero-order valence-corrected chi connectivity index (χ0v) is 18.7. The molecule has 4 aliphatic rings. The van der Waals surface area contributed by atoms with Gasteiger partial charge in [-0.05, 0) is 63.3 Å². The minimum Gasteiger partial charge on any atom is -0.489 e. The molecule has 1 saturated carbocycles. The summed E-state index contributed by atoms with van der Waals surface area (Å²) in [6.45, 7) is 6.44. The lowest BCUT2D eigenvalue weighted by molar-refractivity contribution is -0.136. The molecule has 3 heterocycles. The average Bonchev–Trinajstić information content (AvgIpc) is 3.28. The number of amides is 3. The summed E-state index contributed by atoms with van der Waals surface area (Å²) >= 11 is 0. The smallest absolute Gasteiger partial charge is 0.255 e. The van der Waals surface area contributed by atoms with Crippen LogP contribution in [0.5, 0.6) is 5.75 Å². The molecule has 1 aromatic carbocycles. The summed E-state index contributed by atoms with van der Waals surface area (Å²) in [6, 6.07) is 5.41. The first-order valence-corrected chi connectivity index (χ1v) is 11.7. The van der Waals surface area contributed by atoms with E-state index in [1.807, 2.05) is 12.1 Å². The highest BCUT2D eigenvalue weighted by atomic mass is 16.5. The highest BCUT2D eigenvalue weighted by Gasteiger charge is 2.42. The molecule has 8 nitrogen and oxygen atoms in total. The van der Waals surface area contributed by atoms with E-state index < -0.39 is 6.04 Å². The zero-order valence-electron chi connectivity index (χ0n) is 18.7. The molecule has 1 aromatic rings. The van der Waals surface area contributed by atoms with Crippen LogP contribution >= 0.6 is 0 Å². The molecule has 5 rings (SSSR count). The fourth-order valence-electron chi connectivity index (χ4n) is 5.47. The van der Waals surface area contributed by atoms with Crippen LogP contribution in [-0.2, 0) is 20.9 Å². The van der Waals surface area contributed by atoms with E-state index in [9.17, 15) is 14.4 Å². The number of imide groups is 1. The van der Waals surface area contributed by atoms with E-state index in [0.717, 1.165) is 43.7 Å². The predicted octanol–water partition coefficient (Wildman–Crippen LogP) is 1.86. The van der Waals surface area contributed by atoms with Gasteiger partial charge in [0.25, 0.3) is 5.91 Å². The number of nitrogens with zero attached hydrogens (tertiary/aromatic N) is 2. The second-order valence-corrected chi connectivity index (χ2v) is 9.63. The van der Waals surface area contributed by atoms with E-state index in [0.29, 0.717) is 30.7 Å². The first kappa shape index (κ1) is 21.4. The first-order chi connectivity index (χ1) is 15.4. The molecule has 32 heavy (non-hydrogen) atoms. The number of nitrogens with one attached hydrogen (secondary N) is 1. The number of hydrogen-bond donors (Lipinski definition) is 1. The van der Waals surface area contributed by atoms with Crippen molar-refractivity contribution in [3.05, 3.63) is 29.3 Å². The fraction of sp³-hybridized carbons (Fsp3) is 0.625. The fourth-order valence-corrected chi connectivity index (χ4v) is 5.47. The van der Waals surface area contributed by atoms with E-state index >= 15 is 0 Å². The minimum absolute atomic E-state index is 0.136. The number of hydrogen-bond acceptors (Lipinski definition) is 6. The van der Waals surface area contributed by atoms with E-state index in [1.165, 1.54) is 0 Å². The molecule has 0 aromatic heterocycles. The Kier molecular flexibility index (Phi) is 5.67. The molecule has 0 spiro atoms. The van der Waals surface area contributed by atoms with Crippen LogP contribution < -0.4 is 10.1 Å². The molecule has 1 unspecified atom stereocenters. The van der Waals surface area contributed by atoms with Gasteiger partial charge in [-0.25, -0.2) is 0 Å². The first-order valence-electron chi connectivity index (χ1n) is 11.7. The van der Waals surface area contributed by atoms with Gasteiger partial charge < -0.3 is 14.4 Å². The van der Waals surface area contributed by atoms with Crippen LogP contribution in [0.15, 0.2) is 18.2 Å². The second-order valence-electron chi connectivity index (χ2n) is 9.63. The van der Waals surface area contributed by atoms with E-state index in [1.54, 1.807) is 11.0 Å². The average molecular weight is 442 g/mol. The third-order valence-electron chi connectivity index (χ3n) is 7.01. The van der Waals surface area contributed by atoms with Gasteiger partial charge in [-0.15, -0.1) is 0 Å².